The highest BCUT2D eigenvalue weighted by Crippen LogP contribution is 2.40. The van der Waals surface area contributed by atoms with Gasteiger partial charge in [-0.05, 0) is 36.6 Å². The summed E-state index contributed by atoms with van der Waals surface area (Å²) in [5, 5.41) is 13.6. The van der Waals surface area contributed by atoms with Crippen molar-refractivity contribution in [2.45, 2.75) is 44.0 Å². The van der Waals surface area contributed by atoms with Gasteiger partial charge in [-0.3, -0.25) is 9.78 Å². The summed E-state index contributed by atoms with van der Waals surface area (Å²) < 4.78 is 0. The van der Waals surface area contributed by atoms with E-state index in [0.29, 0.717) is 12.1 Å². The number of rotatable bonds is 6. The van der Waals surface area contributed by atoms with Gasteiger partial charge in [0.2, 0.25) is 0 Å². The van der Waals surface area contributed by atoms with Crippen molar-refractivity contribution in [2.24, 2.45) is 0 Å². The van der Waals surface area contributed by atoms with Gasteiger partial charge in [0, 0.05) is 29.8 Å². The normalized spacial score (nSPS) is 25.1. The number of aromatic nitrogens is 1. The van der Waals surface area contributed by atoms with E-state index >= 15 is 0 Å². The van der Waals surface area contributed by atoms with Crippen molar-refractivity contribution in [1.82, 2.24) is 10.3 Å². The Balaban J connectivity index is 1.95. The van der Waals surface area contributed by atoms with Crippen molar-refractivity contribution in [1.29, 1.82) is 0 Å². The molecule has 5 heteroatoms. The number of nitrogens with one attached hydrogen (secondary N) is 1. The van der Waals surface area contributed by atoms with E-state index in [9.17, 15) is 9.90 Å². The number of carbonyl (C=O) groups excluding carboxylic acids is 1. The number of hydrogen-bond donors (Lipinski definition) is 2. The van der Waals surface area contributed by atoms with Crippen LogP contribution in [0.3, 0.4) is 0 Å². The number of carbonyl (C=O) groups is 1. The topological polar surface area (TPSA) is 62.2 Å². The van der Waals surface area contributed by atoms with Crippen LogP contribution in [0.25, 0.3) is 0 Å². The van der Waals surface area contributed by atoms with E-state index in [1.54, 1.807) is 30.2 Å². The Morgan fingerprint density at radius 3 is 3.00 bits per heavy atom. The molecule has 0 saturated heterocycles. The van der Waals surface area contributed by atoms with Gasteiger partial charge in [0.25, 0.3) is 5.91 Å². The van der Waals surface area contributed by atoms with Gasteiger partial charge in [-0.2, -0.15) is 11.8 Å². The molecule has 1 heterocycles. The molecule has 4 nitrogen and oxygen atoms in total. The first-order valence-corrected chi connectivity index (χ1v) is 8.20. The van der Waals surface area contributed by atoms with E-state index in [4.69, 9.17) is 0 Å². The quantitative estimate of drug-likeness (QED) is 0.842. The van der Waals surface area contributed by atoms with Crippen molar-refractivity contribution in [2.75, 3.05) is 12.3 Å². The average molecular weight is 294 g/mol. The second-order valence-electron chi connectivity index (χ2n) is 5.16. The second-order valence-corrected chi connectivity index (χ2v) is 6.64. The smallest absolute Gasteiger partial charge is 0.251 e. The minimum Gasteiger partial charge on any atom is -0.387 e. The molecule has 0 aromatic carbocycles. The fourth-order valence-corrected chi connectivity index (χ4v) is 3.69. The fourth-order valence-electron chi connectivity index (χ4n) is 2.50. The first-order chi connectivity index (χ1) is 9.60. The van der Waals surface area contributed by atoms with Crippen molar-refractivity contribution >= 4 is 17.7 Å². The van der Waals surface area contributed by atoms with Crippen molar-refractivity contribution in [3.63, 3.8) is 0 Å². The lowest BCUT2D eigenvalue weighted by molar-refractivity contribution is -0.0221. The van der Waals surface area contributed by atoms with Crippen LogP contribution in [0.1, 0.15) is 42.6 Å². The predicted molar refractivity (Wildman–Crippen MR) is 82.1 cm³/mol. The predicted octanol–water partition coefficient (Wildman–Crippen LogP) is 2.02. The molecule has 1 amide bonds. The van der Waals surface area contributed by atoms with Gasteiger partial charge in [0.05, 0.1) is 5.60 Å². The average Bonchev–Trinajstić information content (AvgIpc) is 2.48. The molecule has 0 spiro atoms. The van der Waals surface area contributed by atoms with E-state index < -0.39 is 5.60 Å². The molecule has 2 rings (SSSR count). The molecule has 110 valence electrons. The van der Waals surface area contributed by atoms with Crippen LogP contribution in [-0.4, -0.2) is 39.1 Å². The highest BCUT2D eigenvalue weighted by molar-refractivity contribution is 8.00. The largest absolute Gasteiger partial charge is 0.387 e. The molecule has 0 aliphatic heterocycles. The van der Waals surface area contributed by atoms with Gasteiger partial charge < -0.3 is 10.4 Å². The van der Waals surface area contributed by atoms with E-state index in [1.807, 2.05) is 6.92 Å². The van der Waals surface area contributed by atoms with E-state index in [0.717, 1.165) is 30.6 Å². The summed E-state index contributed by atoms with van der Waals surface area (Å²) in [7, 11) is 0. The molecule has 2 N–H and O–H groups in total. The zero-order valence-corrected chi connectivity index (χ0v) is 12.9. The second kappa shape index (κ2) is 6.59. The Morgan fingerprint density at radius 1 is 1.60 bits per heavy atom. The molecule has 0 bridgehead atoms. The third-order valence-corrected chi connectivity index (χ3v) is 5.30. The van der Waals surface area contributed by atoms with Crippen LogP contribution < -0.4 is 5.32 Å². The zero-order valence-electron chi connectivity index (χ0n) is 12.1. The Hall–Kier alpha value is -1.07. The Morgan fingerprint density at radius 2 is 2.40 bits per heavy atom. The number of amides is 1. The first-order valence-electron chi connectivity index (χ1n) is 7.15. The molecule has 1 fully saturated rings. The third-order valence-electron chi connectivity index (χ3n) is 3.89. The molecule has 1 aromatic rings. The fraction of sp³-hybridized carbons (Fsp3) is 0.600. The molecule has 1 aromatic heterocycles. The molecule has 0 radical (unpaired) electrons. The van der Waals surface area contributed by atoms with Gasteiger partial charge in [-0.15, -0.1) is 0 Å². The molecule has 1 aliphatic rings. The van der Waals surface area contributed by atoms with E-state index in [2.05, 4.69) is 17.2 Å². The lowest BCUT2D eigenvalue weighted by atomic mass is 9.79. The molecular weight excluding hydrogens is 272 g/mol. The van der Waals surface area contributed by atoms with Crippen LogP contribution in [0.5, 0.6) is 0 Å². The Labute approximate surface area is 124 Å². The standard InChI is InChI=1S/C15H22N2O2S/c1-3-11-9-16-8-6-12(11)14(18)17-10-15(19)7-5-13(15)20-4-2/h6,8-9,13,19H,3-5,7,10H2,1-2H3,(H,17,18)/t13-,15+/m1/s1. The highest BCUT2D eigenvalue weighted by atomic mass is 32.2. The molecule has 20 heavy (non-hydrogen) atoms. The molecule has 1 saturated carbocycles. The minimum atomic E-state index is -0.740. The Bertz CT molecular complexity index is 481. The number of aryl methyl sites for hydroxylation is 1. The number of aliphatic hydroxyl groups is 1. The Kier molecular flexibility index (Phi) is 5.05. The summed E-state index contributed by atoms with van der Waals surface area (Å²) in [6.07, 6.45) is 5.92. The highest BCUT2D eigenvalue weighted by Gasteiger charge is 2.45. The molecular formula is C15H22N2O2S. The number of hydrogen-bond acceptors (Lipinski definition) is 4. The summed E-state index contributed by atoms with van der Waals surface area (Å²) >= 11 is 1.77. The van der Waals surface area contributed by atoms with Gasteiger partial charge in [-0.1, -0.05) is 13.8 Å². The minimum absolute atomic E-state index is 0.121. The summed E-state index contributed by atoms with van der Waals surface area (Å²) in [6, 6.07) is 1.73. The monoisotopic (exact) mass is 294 g/mol. The maximum absolute atomic E-state index is 12.2. The van der Waals surface area contributed by atoms with Crippen LogP contribution in [0.2, 0.25) is 0 Å². The summed E-state index contributed by atoms with van der Waals surface area (Å²) in [5.74, 6) is 0.871. The lowest BCUT2D eigenvalue weighted by Gasteiger charge is -2.45. The van der Waals surface area contributed by atoms with Crippen LogP contribution in [0.4, 0.5) is 0 Å². The number of nitrogens with zero attached hydrogens (tertiary/aromatic N) is 1. The molecule has 1 aliphatic carbocycles. The van der Waals surface area contributed by atoms with Crippen LogP contribution in [0.15, 0.2) is 18.5 Å². The van der Waals surface area contributed by atoms with Crippen LogP contribution in [0, 0.1) is 0 Å². The first kappa shape index (κ1) is 15.3. The van der Waals surface area contributed by atoms with Crippen LogP contribution >= 0.6 is 11.8 Å². The summed E-state index contributed by atoms with van der Waals surface area (Å²) in [4.78, 5) is 16.3. The van der Waals surface area contributed by atoms with Crippen molar-refractivity contribution in [3.05, 3.63) is 29.6 Å². The SMILES string of the molecule is CCS[C@@H]1CC[C@]1(O)CNC(=O)c1ccncc1CC. The van der Waals surface area contributed by atoms with E-state index in [-0.39, 0.29) is 11.2 Å². The maximum atomic E-state index is 12.2. The number of thioether (sulfide) groups is 1. The summed E-state index contributed by atoms with van der Waals surface area (Å²) in [5.41, 5.74) is 0.852. The third kappa shape index (κ3) is 3.15. The lowest BCUT2D eigenvalue weighted by Crippen LogP contribution is -2.57. The van der Waals surface area contributed by atoms with Gasteiger partial charge in [-0.25, -0.2) is 0 Å². The van der Waals surface area contributed by atoms with Crippen molar-refractivity contribution < 1.29 is 9.90 Å². The van der Waals surface area contributed by atoms with Gasteiger partial charge in [0.15, 0.2) is 0 Å². The van der Waals surface area contributed by atoms with Gasteiger partial charge in [0.1, 0.15) is 0 Å². The summed E-state index contributed by atoms with van der Waals surface area (Å²) in [6.45, 7) is 4.42. The zero-order chi connectivity index (χ0) is 14.6. The molecule has 0 unspecified atom stereocenters. The van der Waals surface area contributed by atoms with E-state index in [1.165, 1.54) is 0 Å². The van der Waals surface area contributed by atoms with Gasteiger partial charge >= 0.3 is 0 Å². The number of pyridine rings is 1. The van der Waals surface area contributed by atoms with Crippen molar-refractivity contribution in [3.8, 4) is 0 Å². The molecule has 2 atom stereocenters. The maximum Gasteiger partial charge on any atom is 0.251 e. The van der Waals surface area contributed by atoms with Crippen LogP contribution in [-0.2, 0) is 6.42 Å².